The molecule has 34 heavy (non-hydrogen) atoms. The van der Waals surface area contributed by atoms with E-state index in [1.807, 2.05) is 69.8 Å². The number of anilines is 1. The Kier molecular flexibility index (Phi) is 4.60. The number of carbonyl (C=O) groups is 1. The second kappa shape index (κ2) is 7.56. The summed E-state index contributed by atoms with van der Waals surface area (Å²) in [4.78, 5) is 19.8. The van der Waals surface area contributed by atoms with Crippen LogP contribution in [0.25, 0.3) is 22.0 Å². The molecule has 2 aromatic heterocycles. The molecular weight excluding hydrogens is 430 g/mol. The van der Waals surface area contributed by atoms with Crippen LogP contribution in [0.15, 0.2) is 48.8 Å². The van der Waals surface area contributed by atoms with Gasteiger partial charge in [0, 0.05) is 47.9 Å². The summed E-state index contributed by atoms with van der Waals surface area (Å²) in [7, 11) is 3.71. The highest BCUT2D eigenvalue weighted by atomic mass is 16.5. The van der Waals surface area contributed by atoms with Crippen LogP contribution in [0.5, 0.6) is 5.75 Å². The number of nitrogen functional groups attached to an aromatic ring is 1. The summed E-state index contributed by atoms with van der Waals surface area (Å²) in [5.74, 6) is 1.22. The quantitative estimate of drug-likeness (QED) is 0.501. The molecule has 2 aliphatic rings. The Hall–Kier alpha value is -3.91. The highest BCUT2D eigenvalue weighted by Gasteiger charge is 2.32. The molecule has 172 valence electrons. The summed E-state index contributed by atoms with van der Waals surface area (Å²) in [5, 5.41) is 5.16. The standard InChI is InChI=1S/C26H25N5O3/c1-14-24-20(12-33-14)19-8-16(5-7-21(19)29-25(24)27)26(32)31(3)22-13-34-23-9-15(4-6-18(22)23)17-10-28-30(2)11-17/h4-11,14,22H,12-13H2,1-3H3,(H2,27,29)/t14-,22-/m1/s1. The number of carbonyl (C=O) groups excluding carboxylic acids is 1. The zero-order chi connectivity index (χ0) is 23.6. The van der Waals surface area contributed by atoms with Crippen LogP contribution in [0, 0.1) is 0 Å². The molecular formula is C26H25N5O3. The summed E-state index contributed by atoms with van der Waals surface area (Å²) >= 11 is 0. The molecule has 2 aliphatic heterocycles. The van der Waals surface area contributed by atoms with E-state index < -0.39 is 0 Å². The van der Waals surface area contributed by atoms with E-state index in [1.54, 1.807) is 9.58 Å². The van der Waals surface area contributed by atoms with E-state index in [0.717, 1.165) is 44.5 Å². The van der Waals surface area contributed by atoms with Crippen molar-refractivity contribution in [1.29, 1.82) is 0 Å². The fourth-order valence-electron chi connectivity index (χ4n) is 5.01. The van der Waals surface area contributed by atoms with Crippen molar-refractivity contribution >= 4 is 22.6 Å². The first-order valence-corrected chi connectivity index (χ1v) is 11.3. The molecule has 4 aromatic rings. The molecule has 2 aromatic carbocycles. The second-order valence-electron chi connectivity index (χ2n) is 8.97. The number of amides is 1. The first-order valence-electron chi connectivity index (χ1n) is 11.3. The average Bonchev–Trinajstić information content (AvgIpc) is 3.56. The van der Waals surface area contributed by atoms with Gasteiger partial charge in [-0.15, -0.1) is 0 Å². The number of aromatic nitrogens is 3. The zero-order valence-corrected chi connectivity index (χ0v) is 19.3. The Morgan fingerprint density at radius 1 is 1.21 bits per heavy atom. The van der Waals surface area contributed by atoms with Gasteiger partial charge in [-0.25, -0.2) is 4.98 Å². The molecule has 8 nitrogen and oxygen atoms in total. The molecule has 0 fully saturated rings. The van der Waals surface area contributed by atoms with Gasteiger partial charge in [0.25, 0.3) is 5.91 Å². The number of hydrogen-bond acceptors (Lipinski definition) is 6. The monoisotopic (exact) mass is 455 g/mol. The normalized spacial score (nSPS) is 18.6. The smallest absolute Gasteiger partial charge is 0.254 e. The van der Waals surface area contributed by atoms with E-state index >= 15 is 0 Å². The van der Waals surface area contributed by atoms with Crippen LogP contribution in [0.4, 0.5) is 5.82 Å². The number of fused-ring (bicyclic) bond motifs is 4. The predicted octanol–water partition coefficient (Wildman–Crippen LogP) is 4.01. The molecule has 0 saturated heterocycles. The molecule has 4 heterocycles. The first-order chi connectivity index (χ1) is 16.4. The Bertz CT molecular complexity index is 1460. The lowest BCUT2D eigenvalue weighted by Crippen LogP contribution is -2.32. The van der Waals surface area contributed by atoms with E-state index in [0.29, 0.717) is 24.6 Å². The van der Waals surface area contributed by atoms with Gasteiger partial charge in [0.1, 0.15) is 18.2 Å². The molecule has 0 unspecified atom stereocenters. The number of likely N-dealkylation sites (N-methyl/N-ethyl adjacent to an activating group) is 1. The Labute approximate surface area is 196 Å². The summed E-state index contributed by atoms with van der Waals surface area (Å²) in [6.45, 7) is 2.85. The summed E-state index contributed by atoms with van der Waals surface area (Å²) in [6, 6.07) is 11.5. The lowest BCUT2D eigenvalue weighted by Gasteiger charge is -2.24. The molecule has 0 bridgehead atoms. The third kappa shape index (κ3) is 3.13. The van der Waals surface area contributed by atoms with Crippen molar-refractivity contribution in [3.05, 3.63) is 71.0 Å². The van der Waals surface area contributed by atoms with Gasteiger partial charge in [0.2, 0.25) is 0 Å². The van der Waals surface area contributed by atoms with E-state index in [1.165, 1.54) is 0 Å². The number of aryl methyl sites for hydroxylation is 1. The number of hydrogen-bond donors (Lipinski definition) is 1. The maximum atomic E-state index is 13.5. The maximum absolute atomic E-state index is 13.5. The molecule has 0 spiro atoms. The second-order valence-corrected chi connectivity index (χ2v) is 8.97. The third-order valence-corrected chi connectivity index (χ3v) is 6.89. The van der Waals surface area contributed by atoms with Crippen molar-refractivity contribution in [3.8, 4) is 16.9 Å². The van der Waals surface area contributed by atoms with Crippen LogP contribution in [0.2, 0.25) is 0 Å². The summed E-state index contributed by atoms with van der Waals surface area (Å²) in [5.41, 5.74) is 12.5. The van der Waals surface area contributed by atoms with Crippen molar-refractivity contribution in [2.24, 2.45) is 7.05 Å². The number of benzene rings is 2. The Balaban J connectivity index is 1.31. The van der Waals surface area contributed by atoms with Gasteiger partial charge in [0.15, 0.2) is 0 Å². The predicted molar refractivity (Wildman–Crippen MR) is 128 cm³/mol. The third-order valence-electron chi connectivity index (χ3n) is 6.89. The number of pyridine rings is 1. The Morgan fingerprint density at radius 3 is 2.85 bits per heavy atom. The summed E-state index contributed by atoms with van der Waals surface area (Å²) in [6.07, 6.45) is 3.70. The molecule has 2 N–H and O–H groups in total. The topological polar surface area (TPSA) is 95.5 Å². The van der Waals surface area contributed by atoms with E-state index in [-0.39, 0.29) is 18.1 Å². The average molecular weight is 456 g/mol. The van der Waals surface area contributed by atoms with Gasteiger partial charge >= 0.3 is 0 Å². The highest BCUT2D eigenvalue weighted by Crippen LogP contribution is 2.40. The largest absolute Gasteiger partial charge is 0.491 e. The van der Waals surface area contributed by atoms with Crippen molar-refractivity contribution in [2.45, 2.75) is 25.7 Å². The minimum Gasteiger partial charge on any atom is -0.491 e. The van der Waals surface area contributed by atoms with Gasteiger partial charge < -0.3 is 20.1 Å². The fourth-order valence-corrected chi connectivity index (χ4v) is 5.01. The number of ether oxygens (including phenoxy) is 2. The van der Waals surface area contributed by atoms with E-state index in [9.17, 15) is 4.79 Å². The van der Waals surface area contributed by atoms with E-state index in [2.05, 4.69) is 10.1 Å². The van der Waals surface area contributed by atoms with Crippen LogP contribution in [0.1, 0.15) is 46.1 Å². The SMILES string of the molecule is C[C@H]1OCc2c1c(N)nc1ccc(C(=O)N(C)[C@@H]3COc4cc(-c5cnn(C)c5)ccc43)cc21. The van der Waals surface area contributed by atoms with Gasteiger partial charge in [0.05, 0.1) is 30.5 Å². The first kappa shape index (κ1) is 20.7. The Morgan fingerprint density at radius 2 is 2.06 bits per heavy atom. The zero-order valence-electron chi connectivity index (χ0n) is 19.3. The molecule has 0 radical (unpaired) electrons. The molecule has 1 amide bonds. The van der Waals surface area contributed by atoms with Crippen molar-refractivity contribution in [2.75, 3.05) is 19.4 Å². The van der Waals surface area contributed by atoms with E-state index in [4.69, 9.17) is 15.2 Å². The minimum atomic E-state index is -0.167. The van der Waals surface area contributed by atoms with Gasteiger partial charge in [-0.1, -0.05) is 12.1 Å². The molecule has 0 saturated carbocycles. The number of rotatable bonds is 3. The fraction of sp³-hybridized carbons (Fsp3) is 0.269. The van der Waals surface area contributed by atoms with Crippen molar-refractivity contribution < 1.29 is 14.3 Å². The lowest BCUT2D eigenvalue weighted by molar-refractivity contribution is 0.0708. The number of nitrogens with zero attached hydrogens (tertiary/aromatic N) is 4. The minimum absolute atomic E-state index is 0.0720. The van der Waals surface area contributed by atoms with Crippen molar-refractivity contribution in [1.82, 2.24) is 19.7 Å². The lowest BCUT2D eigenvalue weighted by atomic mass is 9.99. The number of nitrogens with two attached hydrogens (primary N) is 1. The van der Waals surface area contributed by atoms with Gasteiger partial charge in [-0.05, 0) is 42.3 Å². The van der Waals surface area contributed by atoms with Crippen LogP contribution in [0.3, 0.4) is 0 Å². The van der Waals surface area contributed by atoms with Crippen molar-refractivity contribution in [3.63, 3.8) is 0 Å². The maximum Gasteiger partial charge on any atom is 0.254 e. The molecule has 2 atom stereocenters. The van der Waals surface area contributed by atoms with Gasteiger partial charge in [-0.3, -0.25) is 9.48 Å². The van der Waals surface area contributed by atoms with Crippen LogP contribution < -0.4 is 10.5 Å². The molecule has 6 rings (SSSR count). The highest BCUT2D eigenvalue weighted by molar-refractivity contribution is 5.99. The van der Waals surface area contributed by atoms with Gasteiger partial charge in [-0.2, -0.15) is 5.10 Å². The van der Waals surface area contributed by atoms with Crippen LogP contribution in [-0.4, -0.2) is 39.2 Å². The summed E-state index contributed by atoms with van der Waals surface area (Å²) < 4.78 is 13.5. The van der Waals surface area contributed by atoms with Crippen LogP contribution >= 0.6 is 0 Å². The molecule has 0 aliphatic carbocycles. The molecule has 8 heteroatoms. The van der Waals surface area contributed by atoms with Crippen LogP contribution in [-0.2, 0) is 18.4 Å².